The van der Waals surface area contributed by atoms with E-state index in [2.05, 4.69) is 4.98 Å². The molecule has 0 unspecified atom stereocenters. The number of halogens is 4. The normalized spacial score (nSPS) is 11.2. The fourth-order valence-corrected chi connectivity index (χ4v) is 1.53. The molecule has 7 heteroatoms. The summed E-state index contributed by atoms with van der Waals surface area (Å²) in [5.74, 6) is 0.354. The fourth-order valence-electron chi connectivity index (χ4n) is 1.53. The number of alkyl halides is 3. The number of aromatic nitrogens is 1. The maximum absolute atomic E-state index is 12.5. The maximum Gasteiger partial charge on any atom is 0.416 e. The molecule has 1 aromatic heterocycles. The van der Waals surface area contributed by atoms with Crippen molar-refractivity contribution in [3.63, 3.8) is 0 Å². The van der Waals surface area contributed by atoms with E-state index in [9.17, 15) is 13.2 Å². The minimum Gasteiger partial charge on any atom is -0.476 e. The van der Waals surface area contributed by atoms with Crippen LogP contribution in [0.15, 0.2) is 30.3 Å². The van der Waals surface area contributed by atoms with Gasteiger partial charge in [-0.05, 0) is 24.3 Å². The van der Waals surface area contributed by atoms with Crippen molar-refractivity contribution in [2.75, 3.05) is 13.2 Å². The van der Waals surface area contributed by atoms with E-state index in [1.54, 1.807) is 6.07 Å². The molecule has 0 aliphatic heterocycles. The molecule has 0 saturated carbocycles. The Balaban J connectivity index is 0.00000180. The molecule has 0 aliphatic rings. The summed E-state index contributed by atoms with van der Waals surface area (Å²) in [6.07, 6.45) is -4.34. The van der Waals surface area contributed by atoms with E-state index in [0.29, 0.717) is 29.9 Å². The van der Waals surface area contributed by atoms with Crippen molar-refractivity contribution in [2.24, 2.45) is 5.73 Å². The molecule has 0 bridgehead atoms. The van der Waals surface area contributed by atoms with Gasteiger partial charge in [-0.3, -0.25) is 0 Å². The Morgan fingerprint density at radius 1 is 1.16 bits per heavy atom. The minimum atomic E-state index is -4.34. The predicted octanol–water partition coefficient (Wildman–Crippen LogP) is 3.01. The summed E-state index contributed by atoms with van der Waals surface area (Å²) < 4.78 is 42.7. The highest BCUT2D eigenvalue weighted by Gasteiger charge is 2.30. The highest BCUT2D eigenvalue weighted by atomic mass is 35.5. The third-order valence-electron chi connectivity index (χ3n) is 2.36. The second kappa shape index (κ2) is 6.08. The Morgan fingerprint density at radius 3 is 2.53 bits per heavy atom. The number of hydrogen-bond acceptors (Lipinski definition) is 3. The zero-order valence-corrected chi connectivity index (χ0v) is 10.6. The summed E-state index contributed by atoms with van der Waals surface area (Å²) in [7, 11) is 0. The number of rotatable bonds is 3. The van der Waals surface area contributed by atoms with Gasteiger partial charge in [0, 0.05) is 18.0 Å². The smallest absolute Gasteiger partial charge is 0.416 e. The van der Waals surface area contributed by atoms with Crippen molar-refractivity contribution in [1.82, 2.24) is 4.98 Å². The summed E-state index contributed by atoms with van der Waals surface area (Å²) in [6.45, 7) is 0.672. The van der Waals surface area contributed by atoms with Crippen molar-refractivity contribution in [2.45, 2.75) is 6.18 Å². The Morgan fingerprint density at radius 2 is 1.89 bits per heavy atom. The highest BCUT2D eigenvalue weighted by molar-refractivity contribution is 5.85. The van der Waals surface area contributed by atoms with Crippen LogP contribution in [0.1, 0.15) is 5.56 Å². The standard InChI is InChI=1S/C12H11F3N2O.ClH/c13-12(14,15)9-2-3-10-8(7-9)1-4-11(17-10)18-6-5-16;/h1-4,7H,5-6,16H2;1H. The molecule has 2 N–H and O–H groups in total. The van der Waals surface area contributed by atoms with Crippen molar-refractivity contribution < 1.29 is 17.9 Å². The van der Waals surface area contributed by atoms with Crippen LogP contribution in [0.5, 0.6) is 5.88 Å². The van der Waals surface area contributed by atoms with Crippen LogP contribution in [0.2, 0.25) is 0 Å². The van der Waals surface area contributed by atoms with E-state index in [1.165, 1.54) is 12.1 Å². The Labute approximate surface area is 114 Å². The van der Waals surface area contributed by atoms with Gasteiger partial charge in [-0.2, -0.15) is 13.2 Å². The van der Waals surface area contributed by atoms with E-state index in [-0.39, 0.29) is 12.4 Å². The largest absolute Gasteiger partial charge is 0.476 e. The molecule has 19 heavy (non-hydrogen) atoms. The first-order valence-electron chi connectivity index (χ1n) is 5.31. The van der Waals surface area contributed by atoms with Gasteiger partial charge in [0.1, 0.15) is 6.61 Å². The van der Waals surface area contributed by atoms with Gasteiger partial charge in [-0.1, -0.05) is 0 Å². The average molecular weight is 293 g/mol. The topological polar surface area (TPSA) is 48.1 Å². The Hall–Kier alpha value is -1.53. The fraction of sp³-hybridized carbons (Fsp3) is 0.250. The molecule has 1 heterocycles. The number of fused-ring (bicyclic) bond motifs is 1. The highest BCUT2D eigenvalue weighted by Crippen LogP contribution is 2.31. The van der Waals surface area contributed by atoms with Gasteiger partial charge in [-0.15, -0.1) is 12.4 Å². The van der Waals surface area contributed by atoms with Gasteiger partial charge in [-0.25, -0.2) is 4.98 Å². The molecule has 0 atom stereocenters. The zero-order valence-electron chi connectivity index (χ0n) is 9.78. The van der Waals surface area contributed by atoms with Crippen molar-refractivity contribution in [3.8, 4) is 5.88 Å². The van der Waals surface area contributed by atoms with E-state index in [1.807, 2.05) is 0 Å². The van der Waals surface area contributed by atoms with Gasteiger partial charge >= 0.3 is 6.18 Å². The molecule has 0 radical (unpaired) electrons. The minimum absolute atomic E-state index is 0. The van der Waals surface area contributed by atoms with Gasteiger partial charge < -0.3 is 10.5 Å². The summed E-state index contributed by atoms with van der Waals surface area (Å²) in [5.41, 5.74) is 5.05. The molecule has 104 valence electrons. The van der Waals surface area contributed by atoms with Crippen molar-refractivity contribution >= 4 is 23.3 Å². The molecule has 2 aromatic rings. The lowest BCUT2D eigenvalue weighted by Crippen LogP contribution is -2.11. The number of nitrogens with zero attached hydrogens (tertiary/aromatic N) is 1. The number of pyridine rings is 1. The van der Waals surface area contributed by atoms with Crippen LogP contribution in [0.4, 0.5) is 13.2 Å². The van der Waals surface area contributed by atoms with E-state index < -0.39 is 11.7 Å². The molecule has 0 fully saturated rings. The summed E-state index contributed by atoms with van der Waals surface area (Å²) in [4.78, 5) is 4.09. The van der Waals surface area contributed by atoms with Gasteiger partial charge in [0.05, 0.1) is 11.1 Å². The zero-order chi connectivity index (χ0) is 13.2. The molecule has 0 spiro atoms. The number of benzene rings is 1. The lowest BCUT2D eigenvalue weighted by molar-refractivity contribution is -0.137. The van der Waals surface area contributed by atoms with Crippen molar-refractivity contribution in [1.29, 1.82) is 0 Å². The molecular formula is C12H12ClF3N2O. The molecule has 0 amide bonds. The Bertz CT molecular complexity index is 560. The molecule has 3 nitrogen and oxygen atoms in total. The van der Waals surface area contributed by atoms with Crippen LogP contribution >= 0.6 is 12.4 Å². The van der Waals surface area contributed by atoms with E-state index in [4.69, 9.17) is 10.5 Å². The quantitative estimate of drug-likeness (QED) is 0.946. The summed E-state index contributed by atoms with van der Waals surface area (Å²) >= 11 is 0. The van der Waals surface area contributed by atoms with Crippen LogP contribution < -0.4 is 10.5 Å². The summed E-state index contributed by atoms with van der Waals surface area (Å²) in [6, 6.07) is 6.46. The Kier molecular flexibility index (Phi) is 4.97. The lowest BCUT2D eigenvalue weighted by atomic mass is 10.1. The van der Waals surface area contributed by atoms with Crippen LogP contribution in [-0.2, 0) is 6.18 Å². The van der Waals surface area contributed by atoms with Crippen LogP contribution in [0, 0.1) is 0 Å². The van der Waals surface area contributed by atoms with Crippen LogP contribution in [0.25, 0.3) is 10.9 Å². The first-order valence-corrected chi connectivity index (χ1v) is 5.31. The first-order chi connectivity index (χ1) is 8.50. The maximum atomic E-state index is 12.5. The van der Waals surface area contributed by atoms with Gasteiger partial charge in [0.25, 0.3) is 0 Å². The molecular weight excluding hydrogens is 281 g/mol. The predicted molar refractivity (Wildman–Crippen MR) is 68.5 cm³/mol. The summed E-state index contributed by atoms with van der Waals surface area (Å²) in [5, 5.41) is 0.421. The van der Waals surface area contributed by atoms with Crippen molar-refractivity contribution in [3.05, 3.63) is 35.9 Å². The molecule has 0 aliphatic carbocycles. The van der Waals surface area contributed by atoms with Gasteiger partial charge in [0.2, 0.25) is 5.88 Å². The van der Waals surface area contributed by atoms with E-state index >= 15 is 0 Å². The molecule has 2 rings (SSSR count). The number of ether oxygens (including phenoxy) is 1. The second-order valence-electron chi connectivity index (χ2n) is 3.69. The third kappa shape index (κ3) is 3.71. The first kappa shape index (κ1) is 15.5. The second-order valence-corrected chi connectivity index (χ2v) is 3.69. The number of nitrogens with two attached hydrogens (primary N) is 1. The molecule has 0 saturated heterocycles. The monoisotopic (exact) mass is 292 g/mol. The lowest BCUT2D eigenvalue weighted by Gasteiger charge is -2.08. The molecule has 1 aromatic carbocycles. The SMILES string of the molecule is Cl.NCCOc1ccc2cc(C(F)(F)F)ccc2n1. The number of hydrogen-bond donors (Lipinski definition) is 1. The van der Waals surface area contributed by atoms with Crippen LogP contribution in [0.3, 0.4) is 0 Å². The van der Waals surface area contributed by atoms with Crippen LogP contribution in [-0.4, -0.2) is 18.1 Å². The average Bonchev–Trinajstić information content (AvgIpc) is 2.34. The third-order valence-corrected chi connectivity index (χ3v) is 2.36. The van der Waals surface area contributed by atoms with E-state index in [0.717, 1.165) is 12.1 Å². The van der Waals surface area contributed by atoms with Gasteiger partial charge in [0.15, 0.2) is 0 Å².